The van der Waals surface area contributed by atoms with Crippen LogP contribution in [-0.2, 0) is 4.79 Å². The zero-order valence-corrected chi connectivity index (χ0v) is 9.16. The van der Waals surface area contributed by atoms with Crippen LogP contribution in [0.5, 0.6) is 0 Å². The van der Waals surface area contributed by atoms with Gasteiger partial charge in [0.1, 0.15) is 5.82 Å². The maximum atomic E-state index is 13.5. The van der Waals surface area contributed by atoms with E-state index in [-0.39, 0.29) is 23.8 Å². The van der Waals surface area contributed by atoms with Crippen LogP contribution in [0.3, 0.4) is 0 Å². The Labute approximate surface area is 94.0 Å². The predicted octanol–water partition coefficient (Wildman–Crippen LogP) is 1.36. The molecule has 0 saturated carbocycles. The van der Waals surface area contributed by atoms with E-state index in [1.54, 1.807) is 12.1 Å². The van der Waals surface area contributed by atoms with Gasteiger partial charge in [0.05, 0.1) is 0 Å². The summed E-state index contributed by atoms with van der Waals surface area (Å²) in [6.07, 6.45) is 0.471. The summed E-state index contributed by atoms with van der Waals surface area (Å²) in [5, 5.41) is 5.99. The second-order valence-electron chi connectivity index (χ2n) is 4.11. The molecule has 2 unspecified atom stereocenters. The summed E-state index contributed by atoms with van der Waals surface area (Å²) in [5.74, 6) is -0.155. The van der Waals surface area contributed by atoms with Crippen molar-refractivity contribution in [3.8, 4) is 0 Å². The highest BCUT2D eigenvalue weighted by atomic mass is 19.1. The molecule has 0 aliphatic carbocycles. The summed E-state index contributed by atoms with van der Waals surface area (Å²) in [6.45, 7) is 2.53. The molecule has 86 valence electrons. The molecular weight excluding hydrogens is 207 g/mol. The molecule has 2 atom stereocenters. The Morgan fingerprint density at radius 3 is 2.88 bits per heavy atom. The van der Waals surface area contributed by atoms with Crippen LogP contribution in [0, 0.1) is 5.82 Å². The van der Waals surface area contributed by atoms with Crippen LogP contribution in [-0.4, -0.2) is 18.5 Å². The fraction of sp³-hybridized carbons (Fsp3) is 0.417. The molecule has 2 N–H and O–H groups in total. The van der Waals surface area contributed by atoms with Gasteiger partial charge in [-0.3, -0.25) is 4.79 Å². The Bertz CT molecular complexity index is 394. The molecule has 1 heterocycles. The lowest BCUT2D eigenvalue weighted by atomic mass is 10.1. The van der Waals surface area contributed by atoms with Crippen LogP contribution < -0.4 is 10.6 Å². The molecule has 1 aromatic rings. The number of hydrogen-bond donors (Lipinski definition) is 2. The number of carbonyl (C=O) groups excluding carboxylic acids is 1. The first-order chi connectivity index (χ1) is 7.66. The summed E-state index contributed by atoms with van der Waals surface area (Å²) in [6, 6.07) is 6.71. The predicted molar refractivity (Wildman–Crippen MR) is 59.4 cm³/mol. The molecule has 0 aromatic heterocycles. The molecular formula is C12H15FN2O. The standard InChI is InChI=1S/C12H15FN2O/c1-8(10-4-2-3-5-11(10)13)15-9-6-12(16)14-7-9/h2-5,8-9,15H,6-7H2,1H3,(H,14,16). The highest BCUT2D eigenvalue weighted by Crippen LogP contribution is 2.17. The minimum absolute atomic E-state index is 0.0539. The number of hydrogen-bond acceptors (Lipinski definition) is 2. The first-order valence-corrected chi connectivity index (χ1v) is 5.44. The molecule has 0 radical (unpaired) electrons. The average Bonchev–Trinajstić information content (AvgIpc) is 2.64. The summed E-state index contributed by atoms with van der Waals surface area (Å²) >= 11 is 0. The molecule has 1 aliphatic heterocycles. The Kier molecular flexibility index (Phi) is 3.19. The summed E-state index contributed by atoms with van der Waals surface area (Å²) in [7, 11) is 0. The van der Waals surface area contributed by atoms with Gasteiger partial charge in [-0.05, 0) is 13.0 Å². The van der Waals surface area contributed by atoms with Crippen LogP contribution in [0.1, 0.15) is 24.9 Å². The fourth-order valence-electron chi connectivity index (χ4n) is 1.99. The van der Waals surface area contributed by atoms with Crippen LogP contribution in [0.2, 0.25) is 0 Å². The van der Waals surface area contributed by atoms with Gasteiger partial charge in [0.15, 0.2) is 0 Å². The third-order valence-corrected chi connectivity index (χ3v) is 2.83. The van der Waals surface area contributed by atoms with Crippen molar-refractivity contribution < 1.29 is 9.18 Å². The summed E-state index contributed by atoms with van der Waals surface area (Å²) in [5.41, 5.74) is 0.641. The van der Waals surface area contributed by atoms with Gasteiger partial charge in [-0.25, -0.2) is 4.39 Å². The largest absolute Gasteiger partial charge is 0.354 e. The van der Waals surface area contributed by atoms with E-state index in [2.05, 4.69) is 10.6 Å². The maximum absolute atomic E-state index is 13.5. The SMILES string of the molecule is CC(NC1CNC(=O)C1)c1ccccc1F. The van der Waals surface area contributed by atoms with Gasteiger partial charge in [-0.2, -0.15) is 0 Å². The number of carbonyl (C=O) groups is 1. The van der Waals surface area contributed by atoms with Crippen molar-refractivity contribution >= 4 is 5.91 Å². The van der Waals surface area contributed by atoms with E-state index in [0.717, 1.165) is 0 Å². The minimum Gasteiger partial charge on any atom is -0.354 e. The quantitative estimate of drug-likeness (QED) is 0.811. The second-order valence-corrected chi connectivity index (χ2v) is 4.11. The van der Waals surface area contributed by atoms with Gasteiger partial charge in [-0.1, -0.05) is 18.2 Å². The third kappa shape index (κ3) is 2.39. The van der Waals surface area contributed by atoms with E-state index in [1.807, 2.05) is 13.0 Å². The van der Waals surface area contributed by atoms with Crippen molar-refractivity contribution in [1.29, 1.82) is 0 Å². The average molecular weight is 222 g/mol. The van der Waals surface area contributed by atoms with Crippen molar-refractivity contribution in [2.45, 2.75) is 25.4 Å². The molecule has 2 rings (SSSR count). The number of halogens is 1. The van der Waals surface area contributed by atoms with E-state index in [9.17, 15) is 9.18 Å². The van der Waals surface area contributed by atoms with E-state index >= 15 is 0 Å². The third-order valence-electron chi connectivity index (χ3n) is 2.83. The van der Waals surface area contributed by atoms with Crippen molar-refractivity contribution in [2.24, 2.45) is 0 Å². The summed E-state index contributed by atoms with van der Waals surface area (Å²) < 4.78 is 13.5. The lowest BCUT2D eigenvalue weighted by Gasteiger charge is -2.18. The lowest BCUT2D eigenvalue weighted by molar-refractivity contribution is -0.119. The Morgan fingerprint density at radius 1 is 1.50 bits per heavy atom. The smallest absolute Gasteiger partial charge is 0.221 e. The highest BCUT2D eigenvalue weighted by Gasteiger charge is 2.23. The van der Waals surface area contributed by atoms with E-state index in [0.29, 0.717) is 18.5 Å². The second kappa shape index (κ2) is 4.61. The highest BCUT2D eigenvalue weighted by molar-refractivity contribution is 5.78. The van der Waals surface area contributed by atoms with Gasteiger partial charge in [-0.15, -0.1) is 0 Å². The molecule has 1 aromatic carbocycles. The van der Waals surface area contributed by atoms with Gasteiger partial charge in [0.2, 0.25) is 5.91 Å². The Balaban J connectivity index is 2.00. The van der Waals surface area contributed by atoms with Gasteiger partial charge >= 0.3 is 0 Å². The first kappa shape index (κ1) is 11.1. The zero-order chi connectivity index (χ0) is 11.5. The molecule has 0 spiro atoms. The molecule has 1 amide bonds. The van der Waals surface area contributed by atoms with Crippen LogP contribution in [0.15, 0.2) is 24.3 Å². The number of amides is 1. The molecule has 4 heteroatoms. The minimum atomic E-state index is -0.209. The molecule has 1 aliphatic rings. The molecule has 0 bridgehead atoms. The Hall–Kier alpha value is -1.42. The van der Waals surface area contributed by atoms with Gasteiger partial charge < -0.3 is 10.6 Å². The maximum Gasteiger partial charge on any atom is 0.221 e. The molecule has 1 fully saturated rings. The van der Waals surface area contributed by atoms with E-state index in [4.69, 9.17) is 0 Å². The number of benzene rings is 1. The number of rotatable bonds is 3. The molecule has 16 heavy (non-hydrogen) atoms. The van der Waals surface area contributed by atoms with Crippen LogP contribution in [0.25, 0.3) is 0 Å². The normalized spacial score (nSPS) is 21.9. The lowest BCUT2D eigenvalue weighted by Crippen LogP contribution is -2.33. The van der Waals surface area contributed by atoms with Crippen molar-refractivity contribution in [3.63, 3.8) is 0 Å². The monoisotopic (exact) mass is 222 g/mol. The first-order valence-electron chi connectivity index (χ1n) is 5.44. The fourth-order valence-corrected chi connectivity index (χ4v) is 1.99. The Morgan fingerprint density at radius 2 is 2.25 bits per heavy atom. The van der Waals surface area contributed by atoms with Gasteiger partial charge in [0.25, 0.3) is 0 Å². The van der Waals surface area contributed by atoms with Crippen molar-refractivity contribution in [3.05, 3.63) is 35.6 Å². The van der Waals surface area contributed by atoms with Crippen molar-refractivity contribution in [2.75, 3.05) is 6.54 Å². The van der Waals surface area contributed by atoms with Crippen LogP contribution >= 0.6 is 0 Å². The van der Waals surface area contributed by atoms with E-state index < -0.39 is 0 Å². The van der Waals surface area contributed by atoms with Gasteiger partial charge in [0, 0.05) is 30.6 Å². The zero-order valence-electron chi connectivity index (χ0n) is 9.16. The van der Waals surface area contributed by atoms with E-state index in [1.165, 1.54) is 6.07 Å². The number of nitrogens with one attached hydrogen (secondary N) is 2. The topological polar surface area (TPSA) is 41.1 Å². The van der Waals surface area contributed by atoms with Crippen molar-refractivity contribution in [1.82, 2.24) is 10.6 Å². The summed E-state index contributed by atoms with van der Waals surface area (Å²) in [4.78, 5) is 11.0. The van der Waals surface area contributed by atoms with Crippen LogP contribution in [0.4, 0.5) is 4.39 Å². The molecule has 1 saturated heterocycles. The molecule has 3 nitrogen and oxygen atoms in total.